The molecule has 1 spiro atoms. The molecule has 0 saturated carbocycles. The van der Waals surface area contributed by atoms with Crippen LogP contribution in [0.25, 0.3) is 11.2 Å². The minimum atomic E-state index is -0.00845. The van der Waals surface area contributed by atoms with E-state index >= 15 is 0 Å². The first-order valence-corrected chi connectivity index (χ1v) is 9.79. The predicted molar refractivity (Wildman–Crippen MR) is 98.5 cm³/mol. The molecule has 140 valence electrons. The summed E-state index contributed by atoms with van der Waals surface area (Å²) in [5.74, 6) is 0.424. The Balaban J connectivity index is 1.29. The summed E-state index contributed by atoms with van der Waals surface area (Å²) >= 11 is 0. The molecule has 3 saturated heterocycles. The van der Waals surface area contributed by atoms with E-state index in [0.717, 1.165) is 38.1 Å². The summed E-state index contributed by atoms with van der Waals surface area (Å²) in [5.41, 5.74) is 7.74. The van der Waals surface area contributed by atoms with Gasteiger partial charge in [0.05, 0.1) is 12.4 Å². The molecule has 2 unspecified atom stereocenters. The van der Waals surface area contributed by atoms with Gasteiger partial charge in [0.1, 0.15) is 18.1 Å². The van der Waals surface area contributed by atoms with Crippen molar-refractivity contribution in [2.45, 2.75) is 56.4 Å². The molecule has 8 heteroatoms. The first-order valence-electron chi connectivity index (χ1n) is 9.79. The normalized spacial score (nSPS) is 29.1. The molecule has 3 N–H and O–H groups in total. The van der Waals surface area contributed by atoms with Gasteiger partial charge in [-0.1, -0.05) is 0 Å². The lowest BCUT2D eigenvalue weighted by Gasteiger charge is -2.42. The number of nitrogens with one attached hydrogen (secondary N) is 1. The van der Waals surface area contributed by atoms with Crippen molar-refractivity contribution in [3.05, 3.63) is 12.7 Å². The quantitative estimate of drug-likeness (QED) is 0.855. The number of nitrogens with two attached hydrogens (primary N) is 1. The van der Waals surface area contributed by atoms with Crippen molar-refractivity contribution in [3.8, 4) is 0 Å². The topological polar surface area (TPSA) is 94.1 Å². The molecule has 0 aliphatic carbocycles. The lowest BCUT2D eigenvalue weighted by atomic mass is 9.85. The number of likely N-dealkylation sites (tertiary alicyclic amines) is 1. The summed E-state index contributed by atoms with van der Waals surface area (Å²) in [6.45, 7) is 4.54. The Hall–Kier alpha value is -1.77. The fraction of sp³-hybridized carbons (Fsp3) is 0.722. The number of imidazole rings is 1. The van der Waals surface area contributed by atoms with E-state index in [1.807, 2.05) is 4.57 Å². The molecule has 2 aromatic heterocycles. The Kier molecular flexibility index (Phi) is 4.06. The maximum Gasteiger partial charge on any atom is 0.167 e. The highest BCUT2D eigenvalue weighted by Crippen LogP contribution is 2.39. The van der Waals surface area contributed by atoms with Gasteiger partial charge in [-0.25, -0.2) is 15.0 Å². The Morgan fingerprint density at radius 3 is 2.96 bits per heavy atom. The summed E-state index contributed by atoms with van der Waals surface area (Å²) in [5, 5.41) is 3.51. The van der Waals surface area contributed by atoms with Gasteiger partial charge >= 0.3 is 0 Å². The van der Waals surface area contributed by atoms with Crippen molar-refractivity contribution in [2.24, 2.45) is 0 Å². The minimum Gasteiger partial charge on any atom is -0.382 e. The highest BCUT2D eigenvalue weighted by atomic mass is 16.5. The zero-order chi connectivity index (χ0) is 17.6. The Morgan fingerprint density at radius 2 is 2.08 bits per heavy atom. The molecule has 0 aromatic carbocycles. The lowest BCUT2D eigenvalue weighted by Crippen LogP contribution is -2.52. The fourth-order valence-corrected chi connectivity index (χ4v) is 5.09. The van der Waals surface area contributed by atoms with Crippen molar-refractivity contribution in [1.29, 1.82) is 0 Å². The maximum absolute atomic E-state index is 6.41. The third-order valence-corrected chi connectivity index (χ3v) is 6.48. The molecular formula is C18H27N7O. The molecule has 0 bridgehead atoms. The van der Waals surface area contributed by atoms with Crippen LogP contribution in [-0.4, -0.2) is 62.2 Å². The lowest BCUT2D eigenvalue weighted by molar-refractivity contribution is -0.0279. The first-order chi connectivity index (χ1) is 12.8. The molecule has 2 aromatic rings. The average molecular weight is 357 g/mol. The third-order valence-electron chi connectivity index (χ3n) is 6.48. The van der Waals surface area contributed by atoms with E-state index in [1.165, 1.54) is 38.6 Å². The van der Waals surface area contributed by atoms with Crippen LogP contribution in [0, 0.1) is 0 Å². The molecule has 3 fully saturated rings. The average Bonchev–Trinajstić information content (AvgIpc) is 3.36. The van der Waals surface area contributed by atoms with E-state index in [2.05, 4.69) is 25.2 Å². The number of nitrogen functional groups attached to an aromatic ring is 1. The zero-order valence-corrected chi connectivity index (χ0v) is 15.1. The van der Waals surface area contributed by atoms with E-state index in [1.54, 1.807) is 6.33 Å². The summed E-state index contributed by atoms with van der Waals surface area (Å²) in [6, 6.07) is 0. The zero-order valence-electron chi connectivity index (χ0n) is 15.1. The van der Waals surface area contributed by atoms with Gasteiger partial charge in [-0.05, 0) is 58.2 Å². The van der Waals surface area contributed by atoms with Crippen LogP contribution < -0.4 is 11.1 Å². The SMILES string of the molecule is Nc1ncnc2c1ncn2C1CCC(CN2CCCC23CCNCC3)O1. The standard InChI is InChI=1S/C18H27N7O/c19-16-15-17(22-11-21-16)25(12-23-15)14-3-2-13(26-14)10-24-9-1-4-18(24)5-7-20-8-6-18/h11-14,20H,1-10H2,(H2,19,21,22). The van der Waals surface area contributed by atoms with E-state index in [0.29, 0.717) is 16.9 Å². The van der Waals surface area contributed by atoms with Crippen LogP contribution in [0.15, 0.2) is 12.7 Å². The van der Waals surface area contributed by atoms with Crippen LogP contribution in [0.5, 0.6) is 0 Å². The third kappa shape index (κ3) is 2.67. The number of piperidine rings is 1. The van der Waals surface area contributed by atoms with E-state index < -0.39 is 0 Å². The van der Waals surface area contributed by atoms with Gasteiger partial charge < -0.3 is 15.8 Å². The molecule has 8 nitrogen and oxygen atoms in total. The molecule has 5 rings (SSSR count). The van der Waals surface area contributed by atoms with Crippen molar-refractivity contribution >= 4 is 17.0 Å². The number of aromatic nitrogens is 4. The fourth-order valence-electron chi connectivity index (χ4n) is 5.09. The second kappa shape index (κ2) is 6.44. The van der Waals surface area contributed by atoms with Gasteiger partial charge in [-0.2, -0.15) is 0 Å². The van der Waals surface area contributed by atoms with Crippen molar-refractivity contribution in [2.75, 3.05) is 31.9 Å². The predicted octanol–water partition coefficient (Wildman–Crippen LogP) is 1.30. The van der Waals surface area contributed by atoms with Gasteiger partial charge in [-0.15, -0.1) is 0 Å². The van der Waals surface area contributed by atoms with Gasteiger partial charge in [0.2, 0.25) is 0 Å². The number of hydrogen-bond donors (Lipinski definition) is 2. The van der Waals surface area contributed by atoms with Crippen LogP contribution in [0.2, 0.25) is 0 Å². The molecule has 0 radical (unpaired) electrons. The largest absolute Gasteiger partial charge is 0.382 e. The molecule has 5 heterocycles. The Bertz CT molecular complexity index is 785. The molecule has 0 amide bonds. The highest BCUT2D eigenvalue weighted by molar-refractivity contribution is 5.81. The molecule has 3 aliphatic rings. The number of anilines is 1. The summed E-state index contributed by atoms with van der Waals surface area (Å²) in [7, 11) is 0. The highest BCUT2D eigenvalue weighted by Gasteiger charge is 2.43. The second-order valence-electron chi connectivity index (χ2n) is 7.90. The van der Waals surface area contributed by atoms with Gasteiger partial charge in [-0.3, -0.25) is 9.47 Å². The van der Waals surface area contributed by atoms with Gasteiger partial charge in [0.25, 0.3) is 0 Å². The van der Waals surface area contributed by atoms with Crippen molar-refractivity contribution in [3.63, 3.8) is 0 Å². The van der Waals surface area contributed by atoms with Crippen molar-refractivity contribution in [1.82, 2.24) is 29.7 Å². The second-order valence-corrected chi connectivity index (χ2v) is 7.90. The summed E-state index contributed by atoms with van der Waals surface area (Å²) in [6.07, 6.45) is 10.8. The minimum absolute atomic E-state index is 0.00845. The molecule has 26 heavy (non-hydrogen) atoms. The van der Waals surface area contributed by atoms with E-state index in [4.69, 9.17) is 10.5 Å². The monoisotopic (exact) mass is 357 g/mol. The smallest absolute Gasteiger partial charge is 0.167 e. The van der Waals surface area contributed by atoms with Crippen molar-refractivity contribution < 1.29 is 4.74 Å². The Morgan fingerprint density at radius 1 is 1.19 bits per heavy atom. The van der Waals surface area contributed by atoms with E-state index in [9.17, 15) is 0 Å². The number of fused-ring (bicyclic) bond motifs is 1. The summed E-state index contributed by atoms with van der Waals surface area (Å²) in [4.78, 5) is 15.5. The molecule has 3 aliphatic heterocycles. The number of nitrogens with zero attached hydrogens (tertiary/aromatic N) is 5. The van der Waals surface area contributed by atoms with Crippen LogP contribution in [0.4, 0.5) is 5.82 Å². The first kappa shape index (κ1) is 16.4. The van der Waals surface area contributed by atoms with Crippen LogP contribution in [0.3, 0.4) is 0 Å². The number of rotatable bonds is 3. The molecule has 2 atom stereocenters. The van der Waals surface area contributed by atoms with E-state index in [-0.39, 0.29) is 12.3 Å². The Labute approximate surface area is 153 Å². The van der Waals surface area contributed by atoms with Gasteiger partial charge in [0.15, 0.2) is 11.5 Å². The maximum atomic E-state index is 6.41. The van der Waals surface area contributed by atoms with Crippen LogP contribution in [-0.2, 0) is 4.74 Å². The van der Waals surface area contributed by atoms with Gasteiger partial charge in [0, 0.05) is 12.1 Å². The molecular weight excluding hydrogens is 330 g/mol. The van der Waals surface area contributed by atoms with Crippen LogP contribution in [0.1, 0.15) is 44.8 Å². The van der Waals surface area contributed by atoms with Crippen LogP contribution >= 0.6 is 0 Å². The number of ether oxygens (including phenoxy) is 1. The summed E-state index contributed by atoms with van der Waals surface area (Å²) < 4.78 is 8.43. The number of hydrogen-bond acceptors (Lipinski definition) is 7.